The van der Waals surface area contributed by atoms with Crippen LogP contribution in [0, 0.1) is 17.3 Å². The number of alkyl halides is 1. The van der Waals surface area contributed by atoms with Crippen molar-refractivity contribution < 1.29 is 14.6 Å². The predicted molar refractivity (Wildman–Crippen MR) is 119 cm³/mol. The third-order valence-electron chi connectivity index (χ3n) is 9.11. The lowest BCUT2D eigenvalue weighted by Crippen LogP contribution is -2.61. The van der Waals surface area contributed by atoms with E-state index in [1.165, 1.54) is 5.57 Å². The van der Waals surface area contributed by atoms with Gasteiger partial charge in [0.15, 0.2) is 5.67 Å². The topological polar surface area (TPSA) is 69.1 Å². The van der Waals surface area contributed by atoms with Crippen LogP contribution in [0.15, 0.2) is 42.3 Å². The lowest BCUT2D eigenvalue weighted by atomic mass is 9.53. The Kier molecular flexibility index (Phi) is 4.14. The fourth-order valence-electron chi connectivity index (χ4n) is 7.34. The molecule has 0 bridgehead atoms. The molecule has 4 aliphatic rings. The van der Waals surface area contributed by atoms with Gasteiger partial charge in [0.05, 0.1) is 23.5 Å². The van der Waals surface area contributed by atoms with Crippen molar-refractivity contribution in [1.82, 2.24) is 9.97 Å². The number of allylic oxidation sites excluding steroid dienone is 2. The summed E-state index contributed by atoms with van der Waals surface area (Å²) in [7, 11) is 0. The maximum absolute atomic E-state index is 16.6. The van der Waals surface area contributed by atoms with Gasteiger partial charge < -0.3 is 15.2 Å². The van der Waals surface area contributed by atoms with Crippen LogP contribution < -0.4 is 0 Å². The number of aromatic nitrogens is 2. The smallest absolute Gasteiger partial charge is 0.158 e. The first-order valence-corrected chi connectivity index (χ1v) is 11.8. The Bertz CT molecular complexity index is 1110. The lowest BCUT2D eigenvalue weighted by Gasteiger charge is -2.55. The van der Waals surface area contributed by atoms with E-state index in [0.29, 0.717) is 38.0 Å². The molecule has 2 fully saturated rings. The van der Waals surface area contributed by atoms with Gasteiger partial charge in [0, 0.05) is 5.92 Å². The summed E-state index contributed by atoms with van der Waals surface area (Å²) in [4.78, 5) is 7.51. The van der Waals surface area contributed by atoms with Gasteiger partial charge in [-0.05, 0) is 92.0 Å². The summed E-state index contributed by atoms with van der Waals surface area (Å²) in [5.41, 5.74) is 2.01. The van der Waals surface area contributed by atoms with Gasteiger partial charge in [-0.25, -0.2) is 9.37 Å². The highest BCUT2D eigenvalue weighted by Gasteiger charge is 2.65. The van der Waals surface area contributed by atoms with Gasteiger partial charge in [0.1, 0.15) is 5.60 Å². The first kappa shape index (κ1) is 19.7. The largest absolute Gasteiger partial charge is 0.393 e. The number of halogens is 1. The van der Waals surface area contributed by atoms with Crippen molar-refractivity contribution in [3.05, 3.63) is 47.8 Å². The summed E-state index contributed by atoms with van der Waals surface area (Å²) in [5, 5.41) is 22.2. The minimum Gasteiger partial charge on any atom is -0.393 e. The fourth-order valence-corrected chi connectivity index (χ4v) is 7.34. The lowest BCUT2D eigenvalue weighted by molar-refractivity contribution is -0.172. The molecule has 31 heavy (non-hydrogen) atoms. The number of fused-ring (bicyclic) bond motifs is 5. The molecule has 6 atom stereocenters. The van der Waals surface area contributed by atoms with Gasteiger partial charge in [0.2, 0.25) is 0 Å². The maximum Gasteiger partial charge on any atom is 0.158 e. The molecule has 5 unspecified atom stereocenters. The molecule has 5 heteroatoms. The van der Waals surface area contributed by atoms with Crippen molar-refractivity contribution in [2.75, 3.05) is 0 Å². The fraction of sp³-hybridized carbons (Fsp3) is 0.577. The van der Waals surface area contributed by atoms with Gasteiger partial charge >= 0.3 is 0 Å². The van der Waals surface area contributed by atoms with E-state index in [4.69, 9.17) is 0 Å². The van der Waals surface area contributed by atoms with Crippen LogP contribution in [0.2, 0.25) is 0 Å². The standard InChI is InChI=1S/C26H31FN2O2/c1-24-10-11-25(27)14-18-12-19(30)4-2-16(18)8-9-26(25,31)23(24)7-5-20(24)17-3-6-21-22(13-17)29-15-28-21/h3,5-6,13-16,19,23,30-31H,2,4,7-12H2,1H3,(H,28,29)/t16?,19?,23?,24?,25?,26-/m0/s1. The Labute approximate surface area is 182 Å². The molecule has 6 rings (SSSR count). The number of benzene rings is 1. The molecule has 1 aromatic heterocycles. The highest BCUT2D eigenvalue weighted by molar-refractivity contribution is 5.83. The van der Waals surface area contributed by atoms with Gasteiger partial charge in [-0.2, -0.15) is 0 Å². The van der Waals surface area contributed by atoms with E-state index in [-0.39, 0.29) is 17.4 Å². The molecular weight excluding hydrogens is 391 g/mol. The summed E-state index contributed by atoms with van der Waals surface area (Å²) < 4.78 is 16.6. The zero-order valence-corrected chi connectivity index (χ0v) is 18.1. The third kappa shape index (κ3) is 2.69. The zero-order valence-electron chi connectivity index (χ0n) is 18.1. The average molecular weight is 423 g/mol. The summed E-state index contributed by atoms with van der Waals surface area (Å²) >= 11 is 0. The van der Waals surface area contributed by atoms with E-state index in [1.807, 2.05) is 6.07 Å². The van der Waals surface area contributed by atoms with E-state index in [1.54, 1.807) is 12.4 Å². The molecule has 2 saturated carbocycles. The molecule has 164 valence electrons. The molecule has 2 aromatic rings. The number of aliphatic hydroxyl groups excluding tert-OH is 1. The van der Waals surface area contributed by atoms with E-state index in [9.17, 15) is 10.2 Å². The third-order valence-corrected chi connectivity index (χ3v) is 9.11. The molecule has 1 aromatic carbocycles. The predicted octanol–water partition coefficient (Wildman–Crippen LogP) is 5.09. The van der Waals surface area contributed by atoms with Crippen LogP contribution in [-0.2, 0) is 0 Å². The Morgan fingerprint density at radius 1 is 1.16 bits per heavy atom. The number of nitrogens with one attached hydrogen (secondary N) is 1. The van der Waals surface area contributed by atoms with Crippen LogP contribution in [-0.4, -0.2) is 37.6 Å². The second-order valence-electron chi connectivity index (χ2n) is 10.6. The highest BCUT2D eigenvalue weighted by Crippen LogP contribution is 2.65. The van der Waals surface area contributed by atoms with Crippen LogP contribution in [0.4, 0.5) is 4.39 Å². The van der Waals surface area contributed by atoms with Gasteiger partial charge in [-0.3, -0.25) is 0 Å². The molecular formula is C26H31FN2O2. The molecule has 0 radical (unpaired) electrons. The quantitative estimate of drug-likeness (QED) is 0.561. The normalized spacial score (nSPS) is 42.3. The summed E-state index contributed by atoms with van der Waals surface area (Å²) in [5.74, 6) is 0.154. The molecule has 3 N–H and O–H groups in total. The summed E-state index contributed by atoms with van der Waals surface area (Å²) in [6.07, 6.45) is 10.6. The number of aromatic amines is 1. The van der Waals surface area contributed by atoms with Crippen molar-refractivity contribution >= 4 is 16.6 Å². The Morgan fingerprint density at radius 3 is 2.90 bits per heavy atom. The Hall–Kier alpha value is -1.98. The Balaban J connectivity index is 1.38. The van der Waals surface area contributed by atoms with Crippen LogP contribution in [0.5, 0.6) is 0 Å². The number of rotatable bonds is 1. The van der Waals surface area contributed by atoms with Crippen LogP contribution in [0.3, 0.4) is 0 Å². The molecule has 0 amide bonds. The number of hydrogen-bond acceptors (Lipinski definition) is 3. The number of H-pyrrole nitrogens is 1. The Morgan fingerprint density at radius 2 is 2.03 bits per heavy atom. The minimum atomic E-state index is -1.71. The van der Waals surface area contributed by atoms with Crippen molar-refractivity contribution in [3.8, 4) is 0 Å². The average Bonchev–Trinajstić information content (AvgIpc) is 3.32. The van der Waals surface area contributed by atoms with E-state index in [2.05, 4.69) is 35.1 Å². The van der Waals surface area contributed by atoms with Crippen molar-refractivity contribution in [3.63, 3.8) is 0 Å². The number of imidazole rings is 1. The molecule has 0 aliphatic heterocycles. The second-order valence-corrected chi connectivity index (χ2v) is 10.6. The SMILES string of the molecule is CC12CCC3(F)C=C4CC(O)CCC4CC[C@]3(O)C1CC=C2c1ccc2nc[nH]c2c1. The molecule has 1 heterocycles. The zero-order chi connectivity index (χ0) is 21.4. The highest BCUT2D eigenvalue weighted by atomic mass is 19.1. The molecule has 4 aliphatic carbocycles. The van der Waals surface area contributed by atoms with Gasteiger partial charge in [-0.15, -0.1) is 0 Å². The van der Waals surface area contributed by atoms with Crippen LogP contribution in [0.25, 0.3) is 16.6 Å². The van der Waals surface area contributed by atoms with Crippen LogP contribution >= 0.6 is 0 Å². The van der Waals surface area contributed by atoms with Crippen LogP contribution in [0.1, 0.15) is 63.9 Å². The number of aliphatic hydroxyl groups is 2. The number of hydrogen-bond donors (Lipinski definition) is 3. The molecule has 0 saturated heterocycles. The summed E-state index contributed by atoms with van der Waals surface area (Å²) in [6, 6.07) is 6.27. The second kappa shape index (κ2) is 6.52. The van der Waals surface area contributed by atoms with E-state index in [0.717, 1.165) is 41.4 Å². The molecule has 4 nitrogen and oxygen atoms in total. The summed E-state index contributed by atoms with van der Waals surface area (Å²) in [6.45, 7) is 2.22. The van der Waals surface area contributed by atoms with E-state index >= 15 is 4.39 Å². The van der Waals surface area contributed by atoms with E-state index < -0.39 is 11.3 Å². The number of nitrogens with zero attached hydrogens (tertiary/aromatic N) is 1. The van der Waals surface area contributed by atoms with Crippen molar-refractivity contribution in [2.45, 2.75) is 75.7 Å². The first-order chi connectivity index (χ1) is 14.8. The van der Waals surface area contributed by atoms with Gasteiger partial charge in [-0.1, -0.05) is 24.6 Å². The molecule has 0 spiro atoms. The van der Waals surface area contributed by atoms with Crippen molar-refractivity contribution in [2.24, 2.45) is 17.3 Å². The monoisotopic (exact) mass is 422 g/mol. The maximum atomic E-state index is 16.6. The minimum absolute atomic E-state index is 0.145. The van der Waals surface area contributed by atoms with Crippen molar-refractivity contribution in [1.29, 1.82) is 0 Å². The van der Waals surface area contributed by atoms with Gasteiger partial charge in [0.25, 0.3) is 0 Å². The first-order valence-electron chi connectivity index (χ1n) is 11.8.